The van der Waals surface area contributed by atoms with Gasteiger partial charge in [-0.25, -0.2) is 0 Å². The van der Waals surface area contributed by atoms with Gasteiger partial charge in [0.05, 0.1) is 0 Å². The SMILES string of the molecule is CC/C=C\C/C=C\C/C=C\C/C=C\C/C=C\CCCCCCCCCCCCCCCCCC(=O)OCC(COC(=O)CCCCCCC)OC(=O)CCCCCCCCCCCCCCCC. The van der Waals surface area contributed by atoms with Crippen molar-refractivity contribution in [2.24, 2.45) is 0 Å². The molecule has 0 fully saturated rings. The molecule has 0 bridgehead atoms. The molecule has 0 aliphatic heterocycles. The van der Waals surface area contributed by atoms with Crippen LogP contribution >= 0.6 is 0 Å². The standard InChI is InChI=1S/C62H110O6/c1-4-7-10-13-15-17-19-21-23-24-25-26-27-28-29-30-31-32-33-34-35-36-37-38-39-41-42-44-46-49-52-55-61(64)67-58-59(57-66-60(63)54-51-48-12-9-6-3)68-62(65)56-53-50-47-45-43-40-22-20-18-16-14-11-8-5-2/h7,10,15,17,21,23,25-26,28-29,59H,4-6,8-9,11-14,16,18-20,22,24,27,30-58H2,1-3H3/b10-7-,17-15-,23-21-,26-25-,29-28-. The third-order valence-electron chi connectivity index (χ3n) is 12.8. The Balaban J connectivity index is 3.96. The van der Waals surface area contributed by atoms with E-state index < -0.39 is 6.10 Å². The molecule has 0 saturated heterocycles. The predicted molar refractivity (Wildman–Crippen MR) is 293 cm³/mol. The zero-order valence-electron chi connectivity index (χ0n) is 45.1. The van der Waals surface area contributed by atoms with Crippen molar-refractivity contribution in [2.45, 2.75) is 303 Å². The van der Waals surface area contributed by atoms with E-state index >= 15 is 0 Å². The van der Waals surface area contributed by atoms with Crippen LogP contribution in [0.5, 0.6) is 0 Å². The van der Waals surface area contributed by atoms with Crippen LogP contribution in [0, 0.1) is 0 Å². The maximum Gasteiger partial charge on any atom is 0.306 e. The highest BCUT2D eigenvalue weighted by molar-refractivity contribution is 5.71. The highest BCUT2D eigenvalue weighted by atomic mass is 16.6. The zero-order valence-corrected chi connectivity index (χ0v) is 45.1. The summed E-state index contributed by atoms with van der Waals surface area (Å²) in [5, 5.41) is 0. The van der Waals surface area contributed by atoms with Crippen molar-refractivity contribution < 1.29 is 28.6 Å². The van der Waals surface area contributed by atoms with Crippen LogP contribution in [0.3, 0.4) is 0 Å². The third-order valence-corrected chi connectivity index (χ3v) is 12.8. The molecule has 0 heterocycles. The summed E-state index contributed by atoms with van der Waals surface area (Å²) in [7, 11) is 0. The number of allylic oxidation sites excluding steroid dienone is 10. The molecule has 6 heteroatoms. The number of esters is 3. The summed E-state index contributed by atoms with van der Waals surface area (Å²) >= 11 is 0. The summed E-state index contributed by atoms with van der Waals surface area (Å²) in [5.74, 6) is -0.872. The minimum atomic E-state index is -0.765. The van der Waals surface area contributed by atoms with Gasteiger partial charge in [0.25, 0.3) is 0 Å². The minimum absolute atomic E-state index is 0.0699. The van der Waals surface area contributed by atoms with Crippen molar-refractivity contribution in [1.29, 1.82) is 0 Å². The molecule has 0 saturated carbocycles. The maximum atomic E-state index is 12.7. The van der Waals surface area contributed by atoms with Gasteiger partial charge in [0.15, 0.2) is 6.10 Å². The Kier molecular flexibility index (Phi) is 54.3. The fraction of sp³-hybridized carbons (Fsp3) is 0.790. The molecule has 0 aliphatic carbocycles. The molecule has 68 heavy (non-hydrogen) atoms. The average Bonchev–Trinajstić information content (AvgIpc) is 3.34. The predicted octanol–water partition coefficient (Wildman–Crippen LogP) is 19.6. The normalized spacial score (nSPS) is 12.5. The molecule has 0 aromatic rings. The van der Waals surface area contributed by atoms with Gasteiger partial charge in [0.2, 0.25) is 0 Å². The molecule has 1 atom stereocenters. The zero-order chi connectivity index (χ0) is 49.3. The van der Waals surface area contributed by atoms with Crippen LogP contribution in [0.1, 0.15) is 297 Å². The van der Waals surface area contributed by atoms with Gasteiger partial charge in [0, 0.05) is 19.3 Å². The molecule has 0 aliphatic rings. The topological polar surface area (TPSA) is 78.9 Å². The van der Waals surface area contributed by atoms with Crippen LogP contribution in [0.25, 0.3) is 0 Å². The monoisotopic (exact) mass is 951 g/mol. The molecule has 0 rings (SSSR count). The van der Waals surface area contributed by atoms with Gasteiger partial charge in [-0.05, 0) is 64.2 Å². The van der Waals surface area contributed by atoms with Crippen LogP contribution in [-0.2, 0) is 28.6 Å². The van der Waals surface area contributed by atoms with Crippen LogP contribution in [-0.4, -0.2) is 37.2 Å². The number of carbonyl (C=O) groups excluding carboxylic acids is 3. The number of carbonyl (C=O) groups is 3. The third kappa shape index (κ3) is 54.1. The van der Waals surface area contributed by atoms with E-state index in [1.807, 2.05) is 0 Å². The molecule has 0 amide bonds. The first-order valence-electron chi connectivity index (χ1n) is 29.3. The number of ether oxygens (including phenoxy) is 3. The molecule has 6 nitrogen and oxygen atoms in total. The van der Waals surface area contributed by atoms with E-state index in [1.165, 1.54) is 161 Å². The van der Waals surface area contributed by atoms with Crippen LogP contribution < -0.4 is 0 Å². The van der Waals surface area contributed by atoms with Crippen molar-refractivity contribution in [2.75, 3.05) is 13.2 Å². The summed E-state index contributed by atoms with van der Waals surface area (Å²) in [5.41, 5.74) is 0. The fourth-order valence-corrected chi connectivity index (χ4v) is 8.41. The Bertz CT molecular complexity index is 1230. The van der Waals surface area contributed by atoms with E-state index in [-0.39, 0.29) is 31.1 Å². The average molecular weight is 952 g/mol. The van der Waals surface area contributed by atoms with Crippen molar-refractivity contribution >= 4 is 17.9 Å². The second-order valence-electron chi connectivity index (χ2n) is 19.5. The lowest BCUT2D eigenvalue weighted by Gasteiger charge is -2.18. The van der Waals surface area contributed by atoms with E-state index in [1.54, 1.807) is 0 Å². The molecular weight excluding hydrogens is 841 g/mol. The molecule has 0 aromatic carbocycles. The first-order chi connectivity index (χ1) is 33.5. The molecule has 1 unspecified atom stereocenters. The van der Waals surface area contributed by atoms with Gasteiger partial charge >= 0.3 is 17.9 Å². The molecule has 0 radical (unpaired) electrons. The lowest BCUT2D eigenvalue weighted by atomic mass is 10.0. The molecule has 0 spiro atoms. The van der Waals surface area contributed by atoms with Crippen LogP contribution in [0.4, 0.5) is 0 Å². The van der Waals surface area contributed by atoms with Gasteiger partial charge in [-0.1, -0.05) is 274 Å². The van der Waals surface area contributed by atoms with Crippen molar-refractivity contribution in [3.05, 3.63) is 60.8 Å². The number of rotatable bonds is 53. The smallest absolute Gasteiger partial charge is 0.306 e. The second-order valence-corrected chi connectivity index (χ2v) is 19.5. The quantitative estimate of drug-likeness (QED) is 0.0262. The van der Waals surface area contributed by atoms with Crippen LogP contribution in [0.2, 0.25) is 0 Å². The highest BCUT2D eigenvalue weighted by Gasteiger charge is 2.19. The highest BCUT2D eigenvalue weighted by Crippen LogP contribution is 2.17. The van der Waals surface area contributed by atoms with E-state index in [0.717, 1.165) is 96.3 Å². The van der Waals surface area contributed by atoms with Gasteiger partial charge < -0.3 is 14.2 Å². The van der Waals surface area contributed by atoms with Crippen LogP contribution in [0.15, 0.2) is 60.8 Å². The lowest BCUT2D eigenvalue weighted by molar-refractivity contribution is -0.167. The van der Waals surface area contributed by atoms with Crippen molar-refractivity contribution in [1.82, 2.24) is 0 Å². The van der Waals surface area contributed by atoms with Gasteiger partial charge in [0.1, 0.15) is 13.2 Å². The fourth-order valence-electron chi connectivity index (χ4n) is 8.41. The van der Waals surface area contributed by atoms with Gasteiger partial charge in [-0.2, -0.15) is 0 Å². The first-order valence-corrected chi connectivity index (χ1v) is 29.3. The molecular formula is C62H110O6. The molecule has 394 valence electrons. The second kappa shape index (κ2) is 56.7. The van der Waals surface area contributed by atoms with E-state index in [2.05, 4.69) is 81.5 Å². The van der Waals surface area contributed by atoms with E-state index in [4.69, 9.17) is 14.2 Å². The van der Waals surface area contributed by atoms with Crippen molar-refractivity contribution in [3.63, 3.8) is 0 Å². The number of unbranched alkanes of at least 4 members (excludes halogenated alkanes) is 32. The summed E-state index contributed by atoms with van der Waals surface area (Å²) in [6, 6.07) is 0. The Labute approximate surface area is 421 Å². The summed E-state index contributed by atoms with van der Waals surface area (Å²) < 4.78 is 16.7. The van der Waals surface area contributed by atoms with Crippen molar-refractivity contribution in [3.8, 4) is 0 Å². The number of hydrogen-bond donors (Lipinski definition) is 0. The summed E-state index contributed by atoms with van der Waals surface area (Å²) in [6.45, 7) is 6.47. The minimum Gasteiger partial charge on any atom is -0.462 e. The summed E-state index contributed by atoms with van der Waals surface area (Å²) in [4.78, 5) is 37.7. The van der Waals surface area contributed by atoms with Gasteiger partial charge in [-0.15, -0.1) is 0 Å². The van der Waals surface area contributed by atoms with E-state index in [0.29, 0.717) is 19.3 Å². The largest absolute Gasteiger partial charge is 0.462 e. The Morgan fingerprint density at radius 1 is 0.309 bits per heavy atom. The molecule has 0 N–H and O–H groups in total. The first kappa shape index (κ1) is 65.1. The Hall–Kier alpha value is -2.89. The van der Waals surface area contributed by atoms with E-state index in [9.17, 15) is 14.4 Å². The lowest BCUT2D eigenvalue weighted by Crippen LogP contribution is -2.30. The van der Waals surface area contributed by atoms with Gasteiger partial charge in [-0.3, -0.25) is 14.4 Å². The summed E-state index contributed by atoms with van der Waals surface area (Å²) in [6.07, 6.45) is 71.3. The maximum absolute atomic E-state index is 12.7. The Morgan fingerprint density at radius 3 is 0.897 bits per heavy atom. The number of hydrogen-bond acceptors (Lipinski definition) is 6. The Morgan fingerprint density at radius 2 is 0.574 bits per heavy atom. The molecule has 0 aromatic heterocycles.